The van der Waals surface area contributed by atoms with Gasteiger partial charge in [0, 0.05) is 18.5 Å². The Balaban J connectivity index is 1.56. The molecule has 26 heavy (non-hydrogen) atoms. The summed E-state index contributed by atoms with van der Waals surface area (Å²) in [7, 11) is 0. The number of rotatable bonds is 8. The first-order chi connectivity index (χ1) is 12.7. The minimum absolute atomic E-state index is 0.169. The van der Waals surface area contributed by atoms with Gasteiger partial charge in [0.05, 0.1) is 18.3 Å². The summed E-state index contributed by atoms with van der Waals surface area (Å²) >= 11 is 0. The van der Waals surface area contributed by atoms with Crippen LogP contribution >= 0.6 is 0 Å². The van der Waals surface area contributed by atoms with Crippen molar-refractivity contribution in [1.29, 1.82) is 0 Å². The number of hydrogen-bond donors (Lipinski definition) is 2. The number of aromatic nitrogens is 2. The molecule has 0 saturated heterocycles. The normalized spacial score (nSPS) is 10.7. The van der Waals surface area contributed by atoms with Gasteiger partial charge in [-0.25, -0.2) is 0 Å². The lowest BCUT2D eigenvalue weighted by Crippen LogP contribution is -2.11. The summed E-state index contributed by atoms with van der Waals surface area (Å²) in [4.78, 5) is 12.4. The van der Waals surface area contributed by atoms with Crippen molar-refractivity contribution in [2.24, 2.45) is 0 Å². The van der Waals surface area contributed by atoms with Crippen LogP contribution in [-0.2, 0) is 13.0 Å². The lowest BCUT2D eigenvalue weighted by molar-refractivity contribution is 0.102. The van der Waals surface area contributed by atoms with Crippen LogP contribution in [0.4, 0.5) is 5.69 Å². The molecular formula is C21H23N3O2. The number of amides is 1. The van der Waals surface area contributed by atoms with Gasteiger partial charge < -0.3 is 10.4 Å². The molecule has 134 valence electrons. The molecule has 0 atom stereocenters. The van der Waals surface area contributed by atoms with Gasteiger partial charge in [0.15, 0.2) is 0 Å². The third-order valence-electron chi connectivity index (χ3n) is 4.17. The van der Waals surface area contributed by atoms with Gasteiger partial charge in [0.1, 0.15) is 0 Å². The first kappa shape index (κ1) is 17.9. The maximum absolute atomic E-state index is 12.4. The summed E-state index contributed by atoms with van der Waals surface area (Å²) in [5, 5.41) is 16.0. The lowest BCUT2D eigenvalue weighted by atomic mass is 10.1. The molecular weight excluding hydrogens is 326 g/mol. The molecule has 2 aromatic carbocycles. The fourth-order valence-corrected chi connectivity index (χ4v) is 2.74. The smallest absolute Gasteiger partial charge is 0.258 e. The summed E-state index contributed by atoms with van der Waals surface area (Å²) in [6.45, 7) is 0.864. The molecule has 1 amide bonds. The molecule has 3 aromatic rings. The van der Waals surface area contributed by atoms with E-state index in [2.05, 4.69) is 10.4 Å². The maximum Gasteiger partial charge on any atom is 0.258 e. The van der Waals surface area contributed by atoms with Crippen molar-refractivity contribution >= 4 is 11.6 Å². The number of unbranched alkanes of at least 4 members (excludes halogenated alkanes) is 1. The summed E-state index contributed by atoms with van der Waals surface area (Å²) < 4.78 is 1.76. The minimum Gasteiger partial charge on any atom is -0.396 e. The Morgan fingerprint density at radius 1 is 1.00 bits per heavy atom. The topological polar surface area (TPSA) is 67.2 Å². The van der Waals surface area contributed by atoms with E-state index in [1.54, 1.807) is 17.1 Å². The van der Waals surface area contributed by atoms with Gasteiger partial charge in [0.2, 0.25) is 0 Å². The first-order valence-corrected chi connectivity index (χ1v) is 8.82. The molecule has 0 aliphatic rings. The van der Waals surface area contributed by atoms with E-state index in [4.69, 9.17) is 5.11 Å². The van der Waals surface area contributed by atoms with Crippen LogP contribution in [0.2, 0.25) is 0 Å². The fraction of sp³-hybridized carbons (Fsp3) is 0.238. The van der Waals surface area contributed by atoms with Crippen LogP contribution in [0, 0.1) is 0 Å². The molecule has 0 spiro atoms. The third-order valence-corrected chi connectivity index (χ3v) is 4.17. The average Bonchev–Trinajstić information content (AvgIpc) is 3.13. The minimum atomic E-state index is -0.169. The molecule has 0 aliphatic carbocycles. The van der Waals surface area contributed by atoms with Crippen molar-refractivity contribution in [3.8, 4) is 0 Å². The summed E-state index contributed by atoms with van der Waals surface area (Å²) in [6.07, 6.45) is 6.04. The highest BCUT2D eigenvalue weighted by Crippen LogP contribution is 2.13. The molecule has 5 heteroatoms. The monoisotopic (exact) mass is 349 g/mol. The molecule has 2 N–H and O–H groups in total. The zero-order chi connectivity index (χ0) is 18.2. The summed E-state index contributed by atoms with van der Waals surface area (Å²) in [5.74, 6) is -0.169. The molecule has 1 aromatic heterocycles. The number of aryl methyl sites for hydroxylation is 1. The molecule has 3 rings (SSSR count). The van der Waals surface area contributed by atoms with Crippen molar-refractivity contribution in [3.63, 3.8) is 0 Å². The Morgan fingerprint density at radius 3 is 2.50 bits per heavy atom. The number of aliphatic hydroxyl groups is 1. The van der Waals surface area contributed by atoms with Crippen molar-refractivity contribution < 1.29 is 9.90 Å². The summed E-state index contributed by atoms with van der Waals surface area (Å²) in [6, 6.07) is 17.8. The lowest BCUT2D eigenvalue weighted by Gasteiger charge is -2.05. The highest BCUT2D eigenvalue weighted by atomic mass is 16.2. The molecule has 0 bridgehead atoms. The van der Waals surface area contributed by atoms with Crippen LogP contribution in [0.3, 0.4) is 0 Å². The largest absolute Gasteiger partial charge is 0.396 e. The Kier molecular flexibility index (Phi) is 6.17. The van der Waals surface area contributed by atoms with E-state index in [1.165, 1.54) is 5.56 Å². The second kappa shape index (κ2) is 8.97. The van der Waals surface area contributed by atoms with Gasteiger partial charge in [-0.1, -0.05) is 42.5 Å². The zero-order valence-electron chi connectivity index (χ0n) is 14.6. The number of carbonyl (C=O) groups excluding carboxylic acids is 1. The van der Waals surface area contributed by atoms with E-state index >= 15 is 0 Å². The Labute approximate surface area is 153 Å². The predicted molar refractivity (Wildman–Crippen MR) is 102 cm³/mol. The highest BCUT2D eigenvalue weighted by molar-refractivity contribution is 6.03. The number of carbonyl (C=O) groups is 1. The zero-order valence-corrected chi connectivity index (χ0v) is 14.6. The summed E-state index contributed by atoms with van der Waals surface area (Å²) in [5.41, 5.74) is 3.64. The number of hydrogen-bond acceptors (Lipinski definition) is 3. The van der Waals surface area contributed by atoms with Crippen LogP contribution in [-0.4, -0.2) is 27.4 Å². The average molecular weight is 349 g/mol. The number of aliphatic hydroxyl groups excluding tert-OH is 1. The quantitative estimate of drug-likeness (QED) is 0.612. The van der Waals surface area contributed by atoms with Crippen molar-refractivity contribution in [2.45, 2.75) is 25.8 Å². The number of anilines is 1. The van der Waals surface area contributed by atoms with Gasteiger partial charge >= 0.3 is 0 Å². The van der Waals surface area contributed by atoms with Gasteiger partial charge in [-0.3, -0.25) is 9.48 Å². The standard InChI is InChI=1S/C21H23N3O2/c25-13-5-4-6-17-9-11-20(12-10-17)23-21(26)19-14-22-24(16-19)15-18-7-2-1-3-8-18/h1-3,7-12,14,16,25H,4-6,13,15H2,(H,23,26). The van der Waals surface area contributed by atoms with Crippen LogP contribution in [0.1, 0.15) is 34.3 Å². The van der Waals surface area contributed by atoms with Crippen molar-refractivity contribution in [2.75, 3.05) is 11.9 Å². The van der Waals surface area contributed by atoms with E-state index in [0.717, 1.165) is 30.5 Å². The Morgan fingerprint density at radius 2 is 1.77 bits per heavy atom. The number of nitrogens with zero attached hydrogens (tertiary/aromatic N) is 2. The van der Waals surface area contributed by atoms with E-state index in [-0.39, 0.29) is 12.5 Å². The van der Waals surface area contributed by atoms with Crippen LogP contribution in [0.25, 0.3) is 0 Å². The van der Waals surface area contributed by atoms with Crippen molar-refractivity contribution in [3.05, 3.63) is 83.7 Å². The molecule has 0 aliphatic heterocycles. The molecule has 0 unspecified atom stereocenters. The van der Waals surface area contributed by atoms with Gasteiger partial charge in [0.25, 0.3) is 5.91 Å². The second-order valence-electron chi connectivity index (χ2n) is 6.24. The SMILES string of the molecule is O=C(Nc1ccc(CCCCO)cc1)c1cnn(Cc2ccccc2)c1. The molecule has 5 nitrogen and oxygen atoms in total. The molecule has 1 heterocycles. The third kappa shape index (κ3) is 5.04. The van der Waals surface area contributed by atoms with Gasteiger partial charge in [-0.05, 0) is 42.5 Å². The molecule has 0 radical (unpaired) electrons. The van der Waals surface area contributed by atoms with Crippen LogP contribution in [0.5, 0.6) is 0 Å². The fourth-order valence-electron chi connectivity index (χ4n) is 2.74. The Hall–Kier alpha value is -2.92. The van der Waals surface area contributed by atoms with Gasteiger partial charge in [-0.2, -0.15) is 5.10 Å². The molecule has 0 fully saturated rings. The van der Waals surface area contributed by atoms with Crippen molar-refractivity contribution in [1.82, 2.24) is 9.78 Å². The van der Waals surface area contributed by atoms with Gasteiger partial charge in [-0.15, -0.1) is 0 Å². The second-order valence-corrected chi connectivity index (χ2v) is 6.24. The maximum atomic E-state index is 12.4. The van der Waals surface area contributed by atoms with E-state index in [9.17, 15) is 4.79 Å². The van der Waals surface area contributed by atoms with Crippen LogP contribution in [0.15, 0.2) is 67.0 Å². The highest BCUT2D eigenvalue weighted by Gasteiger charge is 2.09. The Bertz CT molecular complexity index is 826. The predicted octanol–water partition coefficient (Wildman–Crippen LogP) is 3.50. The van der Waals surface area contributed by atoms with E-state index in [1.807, 2.05) is 54.6 Å². The van der Waals surface area contributed by atoms with E-state index < -0.39 is 0 Å². The number of nitrogens with one attached hydrogen (secondary N) is 1. The van der Waals surface area contributed by atoms with E-state index in [0.29, 0.717) is 12.1 Å². The first-order valence-electron chi connectivity index (χ1n) is 8.82. The molecule has 0 saturated carbocycles. The number of benzene rings is 2. The van der Waals surface area contributed by atoms with Crippen LogP contribution < -0.4 is 5.32 Å².